The SMILES string of the molecule is CCN(CC1CCCNC1)C(=O)c1cccnc1C. The number of carbonyl (C=O) groups is 1. The van der Waals surface area contributed by atoms with Crippen molar-refractivity contribution in [2.45, 2.75) is 26.7 Å². The highest BCUT2D eigenvalue weighted by atomic mass is 16.2. The van der Waals surface area contributed by atoms with Crippen molar-refractivity contribution in [3.05, 3.63) is 29.6 Å². The highest BCUT2D eigenvalue weighted by Crippen LogP contribution is 2.15. The highest BCUT2D eigenvalue weighted by Gasteiger charge is 2.21. The summed E-state index contributed by atoms with van der Waals surface area (Å²) in [6, 6.07) is 3.70. The molecule has 1 aromatic rings. The zero-order chi connectivity index (χ0) is 13.7. The van der Waals surface area contributed by atoms with E-state index in [0.717, 1.165) is 37.4 Å². The fourth-order valence-corrected chi connectivity index (χ4v) is 2.63. The number of hydrogen-bond donors (Lipinski definition) is 1. The molecular formula is C15H23N3O. The number of amides is 1. The van der Waals surface area contributed by atoms with Gasteiger partial charge in [0, 0.05) is 25.0 Å². The molecule has 1 aliphatic heterocycles. The Kier molecular flexibility index (Phi) is 4.91. The first-order valence-electron chi connectivity index (χ1n) is 7.14. The van der Waals surface area contributed by atoms with Crippen LogP contribution in [0.3, 0.4) is 0 Å². The molecule has 2 heterocycles. The number of nitrogens with zero attached hydrogens (tertiary/aromatic N) is 2. The molecule has 1 atom stereocenters. The third-order valence-corrected chi connectivity index (χ3v) is 3.78. The first kappa shape index (κ1) is 14.0. The number of pyridine rings is 1. The molecule has 0 spiro atoms. The predicted octanol–water partition coefficient (Wildman–Crippen LogP) is 1.85. The van der Waals surface area contributed by atoms with E-state index in [9.17, 15) is 4.79 Å². The molecule has 0 saturated carbocycles. The molecule has 1 aromatic heterocycles. The van der Waals surface area contributed by atoms with Crippen molar-refractivity contribution in [1.29, 1.82) is 0 Å². The van der Waals surface area contributed by atoms with Gasteiger partial charge in [0.2, 0.25) is 0 Å². The maximum atomic E-state index is 12.5. The van der Waals surface area contributed by atoms with Crippen molar-refractivity contribution in [1.82, 2.24) is 15.2 Å². The normalized spacial score (nSPS) is 19.2. The van der Waals surface area contributed by atoms with Gasteiger partial charge in [0.25, 0.3) is 5.91 Å². The summed E-state index contributed by atoms with van der Waals surface area (Å²) in [5.74, 6) is 0.688. The fourth-order valence-electron chi connectivity index (χ4n) is 2.63. The van der Waals surface area contributed by atoms with Gasteiger partial charge in [0.1, 0.15) is 0 Å². The van der Waals surface area contributed by atoms with Crippen LogP contribution >= 0.6 is 0 Å². The number of aromatic nitrogens is 1. The molecule has 4 heteroatoms. The van der Waals surface area contributed by atoms with E-state index in [4.69, 9.17) is 0 Å². The minimum atomic E-state index is 0.110. The van der Waals surface area contributed by atoms with Gasteiger partial charge in [-0.15, -0.1) is 0 Å². The largest absolute Gasteiger partial charge is 0.339 e. The summed E-state index contributed by atoms with van der Waals surface area (Å²) in [5, 5.41) is 3.40. The molecule has 1 N–H and O–H groups in total. The Bertz CT molecular complexity index is 427. The molecule has 1 amide bonds. The van der Waals surface area contributed by atoms with Crippen molar-refractivity contribution in [3.63, 3.8) is 0 Å². The minimum absolute atomic E-state index is 0.110. The van der Waals surface area contributed by atoms with Crippen LogP contribution in [0.15, 0.2) is 18.3 Å². The van der Waals surface area contributed by atoms with E-state index in [2.05, 4.69) is 10.3 Å². The molecule has 1 saturated heterocycles. The number of rotatable bonds is 4. The summed E-state index contributed by atoms with van der Waals surface area (Å²) in [7, 11) is 0. The average Bonchev–Trinajstić information content (AvgIpc) is 2.46. The number of piperidine rings is 1. The first-order valence-corrected chi connectivity index (χ1v) is 7.14. The van der Waals surface area contributed by atoms with Gasteiger partial charge in [-0.2, -0.15) is 0 Å². The Morgan fingerprint density at radius 3 is 3.05 bits per heavy atom. The Labute approximate surface area is 115 Å². The molecule has 1 unspecified atom stereocenters. The fraction of sp³-hybridized carbons (Fsp3) is 0.600. The van der Waals surface area contributed by atoms with Crippen LogP contribution in [0.2, 0.25) is 0 Å². The summed E-state index contributed by atoms with van der Waals surface area (Å²) in [4.78, 5) is 18.7. The summed E-state index contributed by atoms with van der Waals surface area (Å²) in [5.41, 5.74) is 1.54. The third-order valence-electron chi connectivity index (χ3n) is 3.78. The molecular weight excluding hydrogens is 238 g/mol. The molecule has 0 aliphatic carbocycles. The van der Waals surface area contributed by atoms with E-state index in [0.29, 0.717) is 5.92 Å². The molecule has 0 radical (unpaired) electrons. The predicted molar refractivity (Wildman–Crippen MR) is 76.1 cm³/mol. The van der Waals surface area contributed by atoms with Gasteiger partial charge in [-0.3, -0.25) is 9.78 Å². The van der Waals surface area contributed by atoms with Crippen molar-refractivity contribution < 1.29 is 4.79 Å². The minimum Gasteiger partial charge on any atom is -0.339 e. The zero-order valence-electron chi connectivity index (χ0n) is 11.9. The number of hydrogen-bond acceptors (Lipinski definition) is 3. The summed E-state index contributed by atoms with van der Waals surface area (Å²) < 4.78 is 0. The second kappa shape index (κ2) is 6.66. The maximum absolute atomic E-state index is 12.5. The maximum Gasteiger partial charge on any atom is 0.255 e. The molecule has 0 bridgehead atoms. The van der Waals surface area contributed by atoms with Crippen molar-refractivity contribution in [2.75, 3.05) is 26.2 Å². The molecule has 104 valence electrons. The van der Waals surface area contributed by atoms with Gasteiger partial charge < -0.3 is 10.2 Å². The van der Waals surface area contributed by atoms with Crippen LogP contribution in [-0.2, 0) is 0 Å². The van der Waals surface area contributed by atoms with Crippen molar-refractivity contribution in [3.8, 4) is 0 Å². The van der Waals surface area contributed by atoms with E-state index < -0.39 is 0 Å². The molecule has 0 aromatic carbocycles. The van der Waals surface area contributed by atoms with Crippen LogP contribution in [-0.4, -0.2) is 42.0 Å². The molecule has 2 rings (SSSR count). The molecule has 1 fully saturated rings. The lowest BCUT2D eigenvalue weighted by molar-refractivity contribution is 0.0728. The second-order valence-corrected chi connectivity index (χ2v) is 5.19. The van der Waals surface area contributed by atoms with Gasteiger partial charge in [-0.05, 0) is 57.8 Å². The van der Waals surface area contributed by atoms with E-state index in [-0.39, 0.29) is 5.91 Å². The lowest BCUT2D eigenvalue weighted by Gasteiger charge is -2.29. The lowest BCUT2D eigenvalue weighted by Crippen LogP contribution is -2.41. The van der Waals surface area contributed by atoms with Gasteiger partial charge in [-0.1, -0.05) is 0 Å². The number of aryl methyl sites for hydroxylation is 1. The monoisotopic (exact) mass is 261 g/mol. The second-order valence-electron chi connectivity index (χ2n) is 5.19. The Morgan fingerprint density at radius 1 is 1.58 bits per heavy atom. The van der Waals surface area contributed by atoms with Gasteiger partial charge >= 0.3 is 0 Å². The summed E-state index contributed by atoms with van der Waals surface area (Å²) >= 11 is 0. The van der Waals surface area contributed by atoms with E-state index in [1.807, 2.05) is 30.9 Å². The van der Waals surface area contributed by atoms with Crippen LogP contribution in [0, 0.1) is 12.8 Å². The standard InChI is InChI=1S/C15H23N3O/c1-3-18(11-13-6-4-8-16-10-13)15(19)14-7-5-9-17-12(14)2/h5,7,9,13,16H,3-4,6,8,10-11H2,1-2H3. The van der Waals surface area contributed by atoms with Crippen LogP contribution < -0.4 is 5.32 Å². The van der Waals surface area contributed by atoms with Gasteiger partial charge in [0.15, 0.2) is 0 Å². The van der Waals surface area contributed by atoms with Gasteiger partial charge in [-0.25, -0.2) is 0 Å². The topological polar surface area (TPSA) is 45.2 Å². The molecule has 19 heavy (non-hydrogen) atoms. The van der Waals surface area contributed by atoms with E-state index in [1.54, 1.807) is 6.20 Å². The number of nitrogens with one attached hydrogen (secondary N) is 1. The smallest absolute Gasteiger partial charge is 0.255 e. The number of carbonyl (C=O) groups excluding carboxylic acids is 1. The van der Waals surface area contributed by atoms with Crippen LogP contribution in [0.5, 0.6) is 0 Å². The first-order chi connectivity index (χ1) is 9.22. The summed E-state index contributed by atoms with van der Waals surface area (Å²) in [6.45, 7) is 7.66. The quantitative estimate of drug-likeness (QED) is 0.899. The van der Waals surface area contributed by atoms with Crippen molar-refractivity contribution >= 4 is 5.91 Å². The highest BCUT2D eigenvalue weighted by molar-refractivity contribution is 5.95. The van der Waals surface area contributed by atoms with Crippen LogP contribution in [0.1, 0.15) is 35.8 Å². The van der Waals surface area contributed by atoms with Crippen molar-refractivity contribution in [2.24, 2.45) is 5.92 Å². The Balaban J connectivity index is 2.04. The lowest BCUT2D eigenvalue weighted by atomic mass is 9.98. The third kappa shape index (κ3) is 3.53. The van der Waals surface area contributed by atoms with Crippen LogP contribution in [0.4, 0.5) is 0 Å². The molecule has 1 aliphatic rings. The Hall–Kier alpha value is -1.42. The van der Waals surface area contributed by atoms with Crippen LogP contribution in [0.25, 0.3) is 0 Å². The average molecular weight is 261 g/mol. The molecule has 4 nitrogen and oxygen atoms in total. The van der Waals surface area contributed by atoms with E-state index >= 15 is 0 Å². The zero-order valence-corrected chi connectivity index (χ0v) is 11.9. The summed E-state index contributed by atoms with van der Waals surface area (Å²) in [6.07, 6.45) is 4.15. The van der Waals surface area contributed by atoms with E-state index in [1.165, 1.54) is 12.8 Å². The Morgan fingerprint density at radius 2 is 2.42 bits per heavy atom. The van der Waals surface area contributed by atoms with Gasteiger partial charge in [0.05, 0.1) is 5.56 Å².